The smallest absolute Gasteiger partial charge is 0.330 e. The van der Waals surface area contributed by atoms with Crippen molar-refractivity contribution in [1.82, 2.24) is 14.9 Å². The lowest BCUT2D eigenvalue weighted by Gasteiger charge is -2.23. The first kappa shape index (κ1) is 33.7. The van der Waals surface area contributed by atoms with Crippen molar-refractivity contribution in [3.05, 3.63) is 54.8 Å². The maximum Gasteiger partial charge on any atom is 0.330 e. The molecule has 4 N–H and O–H groups in total. The summed E-state index contributed by atoms with van der Waals surface area (Å²) in [5.41, 5.74) is 4.45. The van der Waals surface area contributed by atoms with Crippen molar-refractivity contribution >= 4 is 47.5 Å². The van der Waals surface area contributed by atoms with Crippen LogP contribution in [0.15, 0.2) is 27.9 Å². The van der Waals surface area contributed by atoms with Crippen molar-refractivity contribution in [3.63, 3.8) is 0 Å². The molecule has 1 aromatic carbocycles. The first-order valence-electron chi connectivity index (χ1n) is 13.2. The van der Waals surface area contributed by atoms with Gasteiger partial charge in [-0.3, -0.25) is 23.9 Å². The lowest BCUT2D eigenvalue weighted by Crippen LogP contribution is -2.47. The van der Waals surface area contributed by atoms with Crippen molar-refractivity contribution < 1.29 is 34.3 Å². The third-order valence-corrected chi connectivity index (χ3v) is 7.04. The van der Waals surface area contributed by atoms with Crippen LogP contribution in [0.3, 0.4) is 0 Å². The number of halogens is 4. The molecule has 3 rings (SSSR count). The van der Waals surface area contributed by atoms with Gasteiger partial charge < -0.3 is 30.0 Å². The van der Waals surface area contributed by atoms with E-state index in [1.54, 1.807) is 6.92 Å². The highest BCUT2D eigenvalue weighted by molar-refractivity contribution is 6.36. The Labute approximate surface area is 258 Å². The molecule has 1 aromatic heterocycles. The Bertz CT molecular complexity index is 1440. The van der Waals surface area contributed by atoms with Crippen LogP contribution in [0.25, 0.3) is 0 Å². The number of aromatic nitrogens is 2. The van der Waals surface area contributed by atoms with Crippen molar-refractivity contribution in [2.75, 3.05) is 13.7 Å². The van der Waals surface area contributed by atoms with E-state index < -0.39 is 65.8 Å². The van der Waals surface area contributed by atoms with Crippen LogP contribution in [0, 0.1) is 5.89 Å². The summed E-state index contributed by atoms with van der Waals surface area (Å²) in [6.45, 7) is 5.49. The van der Waals surface area contributed by atoms with Gasteiger partial charge >= 0.3 is 11.7 Å². The fourth-order valence-electron chi connectivity index (χ4n) is 3.98. The van der Waals surface area contributed by atoms with Gasteiger partial charge in [-0.25, -0.2) is 9.18 Å². The third kappa shape index (κ3) is 7.95. The van der Waals surface area contributed by atoms with Gasteiger partial charge in [-0.1, -0.05) is 44.0 Å². The highest BCUT2D eigenvalue weighted by atomic mass is 35.5. The van der Waals surface area contributed by atoms with Crippen molar-refractivity contribution in [3.8, 4) is 11.5 Å². The molecule has 234 valence electrons. The Balaban J connectivity index is 0.00000645. The number of esters is 1. The number of aryl methyl sites for hydroxylation is 1. The van der Waals surface area contributed by atoms with Crippen molar-refractivity contribution in [1.29, 1.82) is 0 Å². The van der Waals surface area contributed by atoms with Gasteiger partial charge in [-0.15, -0.1) is 12.4 Å². The van der Waals surface area contributed by atoms with Gasteiger partial charge in [-0.05, 0) is 25.3 Å². The molecule has 1 saturated heterocycles. The summed E-state index contributed by atoms with van der Waals surface area (Å²) in [5, 5.41) is 2.91. The minimum Gasteiger partial charge on any atom is -0.495 e. The normalized spacial score (nSPS) is 21.9. The number of alkyl halides is 1. The van der Waals surface area contributed by atoms with E-state index in [-0.39, 0.29) is 52.5 Å². The van der Waals surface area contributed by atoms with E-state index in [0.29, 0.717) is 0 Å². The van der Waals surface area contributed by atoms with Crippen LogP contribution in [-0.2, 0) is 25.5 Å². The Morgan fingerprint density at radius 2 is 1.88 bits per heavy atom. The van der Waals surface area contributed by atoms with Crippen LogP contribution < -0.4 is 31.8 Å². The fourth-order valence-corrected chi connectivity index (χ4v) is 4.49. The molecule has 16 heteroatoms. The number of benzene rings is 1. The molecular formula is C26H34Cl3FN4O8. The molecule has 1 aliphatic heterocycles. The Morgan fingerprint density at radius 1 is 1.24 bits per heavy atom. The molecule has 0 spiro atoms. The van der Waals surface area contributed by atoms with E-state index in [1.807, 2.05) is 0 Å². The minimum absolute atomic E-state index is 0. The molecule has 1 amide bonds. The van der Waals surface area contributed by atoms with Gasteiger partial charge in [0.1, 0.15) is 23.6 Å². The molecular weight excluding hydrogens is 622 g/mol. The summed E-state index contributed by atoms with van der Waals surface area (Å²) in [6, 6.07) is 1.36. The van der Waals surface area contributed by atoms with E-state index in [4.69, 9.17) is 49.3 Å². The predicted octanol–water partition coefficient (Wildman–Crippen LogP) is 2.55. The molecule has 42 heavy (non-hydrogen) atoms. The van der Waals surface area contributed by atoms with Gasteiger partial charge in [0.15, 0.2) is 24.6 Å². The number of carbonyl (C=O) groups excluding carboxylic acids is 2. The summed E-state index contributed by atoms with van der Waals surface area (Å²) in [4.78, 5) is 52.2. The Hall–Kier alpha value is -2.84. The molecule has 0 radical (unpaired) electrons. The van der Waals surface area contributed by atoms with Gasteiger partial charge in [0.2, 0.25) is 0 Å². The maximum absolute atomic E-state index is 15.8. The molecule has 0 aliphatic carbocycles. The van der Waals surface area contributed by atoms with Gasteiger partial charge in [0, 0.05) is 25.7 Å². The number of hydrogen-bond donors (Lipinski definition) is 3. The zero-order valence-electron chi connectivity index (χ0n) is 24.4. The maximum atomic E-state index is 15.8. The number of amides is 1. The molecule has 2 heterocycles. The van der Waals surface area contributed by atoms with Crippen LogP contribution in [0.5, 0.6) is 11.5 Å². The molecule has 0 saturated carbocycles. The number of aromatic amines is 1. The van der Waals surface area contributed by atoms with Gasteiger partial charge in [0.25, 0.3) is 11.5 Å². The van der Waals surface area contributed by atoms with Crippen LogP contribution in [0.2, 0.25) is 10.0 Å². The second kappa shape index (κ2) is 15.1. The zero-order valence-corrected chi connectivity index (χ0v) is 25.8. The highest BCUT2D eigenvalue weighted by Gasteiger charge is 2.49. The number of hydrogen-bond acceptors (Lipinski definition) is 9. The summed E-state index contributed by atoms with van der Waals surface area (Å²) < 4.78 is 46.6. The standard InChI is InChI=1S/C26H33Cl2FN4O8.ClH/c1-6-13-10-33(26(37)32-23(13)35)24-19(29)21(41-25(36)20(30)11(2)3)18(40-24)9-31-22(34)12(4)39-17-8-16(38-5)14(27)7-15(17)28;/h7-8,10-12,18-21,24H,6,9,30H2,1-5H3,(H,31,34)(H,32,35,37);1H/t12-,18+,19-,20-,21+,24?;/m0./s1/i11D;. The quantitative estimate of drug-likeness (QED) is 0.309. The molecule has 0 bridgehead atoms. The molecule has 1 aliphatic rings. The lowest BCUT2D eigenvalue weighted by atomic mass is 10.1. The number of rotatable bonds is 11. The SMILES string of the molecule is Cl.[2H]C(C)(C)[C@H](N)C(=O)O[C@H]1[C@H](F)C(n2cc(CC)c(=O)[nH]c2=O)O[C@@H]1CNC(=O)[C@H](C)Oc1cc(OC)c(Cl)cc1Cl. The number of H-pyrrole nitrogens is 1. The van der Waals surface area contributed by atoms with Crippen molar-refractivity contribution in [2.24, 2.45) is 11.6 Å². The average molecular weight is 657 g/mol. The molecule has 2 aromatic rings. The number of methoxy groups -OCH3 is 1. The van der Waals surface area contributed by atoms with E-state index in [0.717, 1.165) is 10.8 Å². The van der Waals surface area contributed by atoms with E-state index in [1.165, 1.54) is 40.0 Å². The number of nitrogens with one attached hydrogen (secondary N) is 2. The summed E-state index contributed by atoms with van der Waals surface area (Å²) in [5.74, 6) is -2.80. The number of ether oxygens (including phenoxy) is 4. The van der Waals surface area contributed by atoms with Gasteiger partial charge in [0.05, 0.1) is 17.2 Å². The second-order valence-corrected chi connectivity index (χ2v) is 10.4. The summed E-state index contributed by atoms with van der Waals surface area (Å²) >= 11 is 12.2. The first-order chi connectivity index (χ1) is 19.6. The highest BCUT2D eigenvalue weighted by Crippen LogP contribution is 2.36. The summed E-state index contributed by atoms with van der Waals surface area (Å²) in [6.07, 6.45) is -6.37. The second-order valence-electron chi connectivity index (χ2n) is 9.56. The Morgan fingerprint density at radius 3 is 2.48 bits per heavy atom. The van der Waals surface area contributed by atoms with E-state index in [9.17, 15) is 19.2 Å². The lowest BCUT2D eigenvalue weighted by molar-refractivity contribution is -0.156. The van der Waals surface area contributed by atoms with Crippen LogP contribution in [0.1, 0.15) is 40.9 Å². The third-order valence-electron chi connectivity index (χ3n) is 6.45. The topological polar surface area (TPSA) is 164 Å². The Kier molecular flexibility index (Phi) is 12.1. The monoisotopic (exact) mass is 655 g/mol. The average Bonchev–Trinajstić information content (AvgIpc) is 3.22. The van der Waals surface area contributed by atoms with Crippen LogP contribution in [-0.4, -0.2) is 65.6 Å². The largest absolute Gasteiger partial charge is 0.495 e. The van der Waals surface area contributed by atoms with Crippen molar-refractivity contribution in [2.45, 2.75) is 70.9 Å². The molecule has 1 fully saturated rings. The van der Waals surface area contributed by atoms with E-state index in [2.05, 4.69) is 10.3 Å². The van der Waals surface area contributed by atoms with Gasteiger partial charge in [-0.2, -0.15) is 0 Å². The molecule has 6 atom stereocenters. The number of nitrogens with zero attached hydrogens (tertiary/aromatic N) is 1. The zero-order chi connectivity index (χ0) is 31.5. The predicted molar refractivity (Wildman–Crippen MR) is 156 cm³/mol. The molecule has 12 nitrogen and oxygen atoms in total. The van der Waals surface area contributed by atoms with Crippen LogP contribution in [0.4, 0.5) is 4.39 Å². The van der Waals surface area contributed by atoms with Crippen LogP contribution >= 0.6 is 35.6 Å². The number of nitrogens with two attached hydrogens (primary N) is 1. The fraction of sp³-hybridized carbons (Fsp3) is 0.538. The minimum atomic E-state index is -2.11. The first-order valence-corrected chi connectivity index (χ1v) is 13.4. The molecule has 1 unspecified atom stereocenters. The van der Waals surface area contributed by atoms with E-state index >= 15 is 4.39 Å². The number of carbonyl (C=O) groups is 2. The summed E-state index contributed by atoms with van der Waals surface area (Å²) in [7, 11) is 1.40.